The van der Waals surface area contributed by atoms with Crippen LogP contribution in [0.2, 0.25) is 0 Å². The van der Waals surface area contributed by atoms with E-state index in [0.29, 0.717) is 11.6 Å². The molecule has 1 N–H and O–H groups in total. The van der Waals surface area contributed by atoms with E-state index in [1.807, 2.05) is 12.1 Å². The third-order valence-corrected chi connectivity index (χ3v) is 3.70. The fourth-order valence-electron chi connectivity index (χ4n) is 2.57. The third kappa shape index (κ3) is 2.15. The van der Waals surface area contributed by atoms with Crippen LogP contribution >= 0.6 is 0 Å². The zero-order valence-electron chi connectivity index (χ0n) is 11.0. The maximum absolute atomic E-state index is 13.8. The van der Waals surface area contributed by atoms with Crippen molar-refractivity contribution in [2.24, 2.45) is 0 Å². The molecular weight excluding hydrogens is 263 g/mol. The molecule has 0 aliphatic carbocycles. The van der Waals surface area contributed by atoms with E-state index in [9.17, 15) is 13.2 Å². The zero-order chi connectivity index (χ0) is 14.3. The van der Waals surface area contributed by atoms with E-state index in [2.05, 4.69) is 12.2 Å². The van der Waals surface area contributed by atoms with Crippen molar-refractivity contribution in [1.82, 2.24) is 0 Å². The quantitative estimate of drug-likeness (QED) is 0.756. The van der Waals surface area contributed by atoms with Gasteiger partial charge in [0, 0.05) is 17.3 Å². The highest BCUT2D eigenvalue weighted by atomic mass is 19.2. The second-order valence-corrected chi connectivity index (χ2v) is 5.18. The number of fused-ring (bicyclic) bond motifs is 1. The molecular formula is C16H14F3N. The van der Waals surface area contributed by atoms with Crippen molar-refractivity contribution in [2.45, 2.75) is 25.8 Å². The van der Waals surface area contributed by atoms with E-state index in [-0.39, 0.29) is 5.56 Å². The summed E-state index contributed by atoms with van der Waals surface area (Å²) in [4.78, 5) is 0. The van der Waals surface area contributed by atoms with Gasteiger partial charge in [-0.3, -0.25) is 0 Å². The number of hydrogen-bond acceptors (Lipinski definition) is 1. The van der Waals surface area contributed by atoms with Crippen molar-refractivity contribution in [1.29, 1.82) is 0 Å². The van der Waals surface area contributed by atoms with E-state index >= 15 is 0 Å². The average Bonchev–Trinajstić information content (AvgIpc) is 2.44. The molecule has 1 aliphatic heterocycles. The van der Waals surface area contributed by atoms with Gasteiger partial charge in [0.1, 0.15) is 0 Å². The fraction of sp³-hybridized carbons (Fsp3) is 0.250. The van der Waals surface area contributed by atoms with Gasteiger partial charge in [0.05, 0.1) is 0 Å². The molecule has 0 aromatic heterocycles. The van der Waals surface area contributed by atoms with Gasteiger partial charge in [-0.15, -0.1) is 0 Å². The molecule has 2 aromatic rings. The molecule has 1 aliphatic rings. The van der Waals surface area contributed by atoms with Crippen LogP contribution in [-0.4, -0.2) is 6.04 Å². The summed E-state index contributed by atoms with van der Waals surface area (Å²) in [6.07, 6.45) is 1.89. The summed E-state index contributed by atoms with van der Waals surface area (Å²) in [5.74, 6) is -3.73. The number of rotatable bonds is 1. The summed E-state index contributed by atoms with van der Waals surface area (Å²) in [5.41, 5.74) is 2.75. The molecule has 20 heavy (non-hydrogen) atoms. The second kappa shape index (κ2) is 4.85. The summed E-state index contributed by atoms with van der Waals surface area (Å²) in [5, 5.41) is 3.35. The van der Waals surface area contributed by atoms with Crippen LogP contribution in [0, 0.1) is 17.5 Å². The first-order valence-electron chi connectivity index (χ1n) is 6.59. The first kappa shape index (κ1) is 13.0. The SMILES string of the molecule is CC1CCc2cc(-c3ccc(F)c(F)c3F)ccc2N1. The first-order chi connectivity index (χ1) is 9.56. The van der Waals surface area contributed by atoms with Gasteiger partial charge in [-0.05, 0) is 55.2 Å². The van der Waals surface area contributed by atoms with Crippen LogP contribution in [0.15, 0.2) is 30.3 Å². The molecule has 1 unspecified atom stereocenters. The molecule has 0 bridgehead atoms. The van der Waals surface area contributed by atoms with E-state index < -0.39 is 17.5 Å². The van der Waals surface area contributed by atoms with Crippen molar-refractivity contribution in [3.8, 4) is 11.1 Å². The van der Waals surface area contributed by atoms with Gasteiger partial charge >= 0.3 is 0 Å². The van der Waals surface area contributed by atoms with E-state index in [1.54, 1.807) is 6.07 Å². The maximum Gasteiger partial charge on any atom is 0.195 e. The predicted molar refractivity (Wildman–Crippen MR) is 73.2 cm³/mol. The minimum Gasteiger partial charge on any atom is -0.382 e. The van der Waals surface area contributed by atoms with Gasteiger partial charge in [-0.2, -0.15) is 0 Å². The normalized spacial score (nSPS) is 17.5. The first-order valence-corrected chi connectivity index (χ1v) is 6.59. The molecule has 0 spiro atoms. The van der Waals surface area contributed by atoms with Gasteiger partial charge in [-0.25, -0.2) is 13.2 Å². The Morgan fingerprint density at radius 2 is 1.85 bits per heavy atom. The second-order valence-electron chi connectivity index (χ2n) is 5.18. The highest BCUT2D eigenvalue weighted by Crippen LogP contribution is 2.32. The van der Waals surface area contributed by atoms with Crippen LogP contribution in [-0.2, 0) is 6.42 Å². The number of anilines is 1. The Morgan fingerprint density at radius 1 is 1.05 bits per heavy atom. The molecule has 0 amide bonds. The number of halogens is 3. The van der Waals surface area contributed by atoms with Gasteiger partial charge in [0.25, 0.3) is 0 Å². The molecule has 0 fully saturated rings. The van der Waals surface area contributed by atoms with E-state index in [4.69, 9.17) is 0 Å². The Bertz CT molecular complexity index is 667. The Kier molecular flexibility index (Phi) is 3.16. The van der Waals surface area contributed by atoms with Crippen LogP contribution in [0.1, 0.15) is 18.9 Å². The lowest BCUT2D eigenvalue weighted by Gasteiger charge is -2.24. The third-order valence-electron chi connectivity index (χ3n) is 3.70. The van der Waals surface area contributed by atoms with Crippen LogP contribution in [0.3, 0.4) is 0 Å². The van der Waals surface area contributed by atoms with Gasteiger partial charge in [-0.1, -0.05) is 6.07 Å². The Hall–Kier alpha value is -1.97. The standard InChI is InChI=1S/C16H14F3N/c1-9-2-3-11-8-10(4-7-14(11)20-9)12-5-6-13(17)16(19)15(12)18/h4-9,20H,2-3H2,1H3. The Balaban J connectivity index is 2.06. The maximum atomic E-state index is 13.8. The number of aryl methyl sites for hydroxylation is 1. The molecule has 1 heterocycles. The number of hydrogen-bond donors (Lipinski definition) is 1. The van der Waals surface area contributed by atoms with E-state index in [1.165, 1.54) is 6.07 Å². The highest BCUT2D eigenvalue weighted by molar-refractivity contribution is 5.70. The molecule has 104 valence electrons. The molecule has 0 radical (unpaired) electrons. The van der Waals surface area contributed by atoms with Gasteiger partial charge in [0.2, 0.25) is 0 Å². The molecule has 0 saturated heterocycles. The summed E-state index contributed by atoms with van der Waals surface area (Å²) in [7, 11) is 0. The lowest BCUT2D eigenvalue weighted by molar-refractivity contribution is 0.449. The van der Waals surface area contributed by atoms with Crippen molar-refractivity contribution in [2.75, 3.05) is 5.32 Å². The molecule has 0 saturated carbocycles. The minimum absolute atomic E-state index is 0.0883. The lowest BCUT2D eigenvalue weighted by atomic mass is 9.94. The lowest BCUT2D eigenvalue weighted by Crippen LogP contribution is -2.21. The Morgan fingerprint density at radius 3 is 2.65 bits per heavy atom. The van der Waals surface area contributed by atoms with Crippen molar-refractivity contribution in [3.05, 3.63) is 53.3 Å². The average molecular weight is 277 g/mol. The predicted octanol–water partition coefficient (Wildman–Crippen LogP) is 4.52. The van der Waals surface area contributed by atoms with Gasteiger partial charge in [0.15, 0.2) is 17.5 Å². The van der Waals surface area contributed by atoms with Crippen LogP contribution in [0.25, 0.3) is 11.1 Å². The van der Waals surface area contributed by atoms with Crippen LogP contribution in [0.4, 0.5) is 18.9 Å². The molecule has 2 aromatic carbocycles. The van der Waals surface area contributed by atoms with Crippen LogP contribution in [0.5, 0.6) is 0 Å². The monoisotopic (exact) mass is 277 g/mol. The molecule has 1 nitrogen and oxygen atoms in total. The van der Waals surface area contributed by atoms with Crippen LogP contribution < -0.4 is 5.32 Å². The largest absolute Gasteiger partial charge is 0.382 e. The Labute approximate surface area is 115 Å². The fourth-order valence-corrected chi connectivity index (χ4v) is 2.57. The summed E-state index contributed by atoms with van der Waals surface area (Å²) >= 11 is 0. The number of nitrogens with one attached hydrogen (secondary N) is 1. The highest BCUT2D eigenvalue weighted by Gasteiger charge is 2.18. The number of benzene rings is 2. The van der Waals surface area contributed by atoms with Crippen molar-refractivity contribution in [3.63, 3.8) is 0 Å². The topological polar surface area (TPSA) is 12.0 Å². The van der Waals surface area contributed by atoms with E-state index in [0.717, 1.165) is 30.2 Å². The minimum atomic E-state index is -1.42. The zero-order valence-corrected chi connectivity index (χ0v) is 11.0. The molecule has 4 heteroatoms. The molecule has 1 atom stereocenters. The molecule has 3 rings (SSSR count). The summed E-state index contributed by atoms with van der Waals surface area (Å²) in [6.45, 7) is 2.10. The smallest absolute Gasteiger partial charge is 0.195 e. The van der Waals surface area contributed by atoms with Gasteiger partial charge < -0.3 is 5.32 Å². The van der Waals surface area contributed by atoms with Crippen molar-refractivity contribution >= 4 is 5.69 Å². The summed E-state index contributed by atoms with van der Waals surface area (Å²) < 4.78 is 40.1. The summed E-state index contributed by atoms with van der Waals surface area (Å²) in [6, 6.07) is 8.06. The van der Waals surface area contributed by atoms with Crippen molar-refractivity contribution < 1.29 is 13.2 Å².